The lowest BCUT2D eigenvalue weighted by atomic mass is 10.0. The third kappa shape index (κ3) is 3.27. The van der Waals surface area contributed by atoms with Crippen LogP contribution in [0.15, 0.2) is 0 Å². The van der Waals surface area contributed by atoms with Gasteiger partial charge in [0.2, 0.25) is 5.13 Å². The first-order valence-electron chi connectivity index (χ1n) is 7.77. The van der Waals surface area contributed by atoms with E-state index in [-0.39, 0.29) is 0 Å². The second-order valence-corrected chi connectivity index (χ2v) is 8.78. The van der Waals surface area contributed by atoms with Crippen molar-refractivity contribution in [3.8, 4) is 0 Å². The highest BCUT2D eigenvalue weighted by molar-refractivity contribution is 7.86. The second-order valence-electron chi connectivity index (χ2n) is 6.12. The van der Waals surface area contributed by atoms with E-state index in [9.17, 15) is 8.42 Å². The number of piperidine rings is 1. The van der Waals surface area contributed by atoms with Gasteiger partial charge in [-0.25, -0.2) is 4.98 Å². The normalized spacial score (nSPS) is 25.5. The quantitative estimate of drug-likeness (QED) is 0.816. The number of hydrogen-bond acceptors (Lipinski definition) is 6. The van der Waals surface area contributed by atoms with Crippen molar-refractivity contribution in [2.24, 2.45) is 5.92 Å². The van der Waals surface area contributed by atoms with E-state index in [1.54, 1.807) is 8.61 Å². The maximum atomic E-state index is 12.7. The summed E-state index contributed by atoms with van der Waals surface area (Å²) in [7, 11) is -3.31. The Kier molecular flexibility index (Phi) is 4.67. The van der Waals surface area contributed by atoms with Crippen molar-refractivity contribution in [1.82, 2.24) is 18.0 Å². The lowest BCUT2D eigenvalue weighted by Crippen LogP contribution is -2.54. The number of anilines is 1. The fourth-order valence-electron chi connectivity index (χ4n) is 3.04. The van der Waals surface area contributed by atoms with Gasteiger partial charge in [-0.3, -0.25) is 0 Å². The Hall–Kier alpha value is -0.770. The van der Waals surface area contributed by atoms with Crippen LogP contribution in [-0.2, 0) is 10.2 Å². The molecule has 0 unspecified atom stereocenters. The summed E-state index contributed by atoms with van der Waals surface area (Å²) in [6.07, 6.45) is 2.08. The minimum atomic E-state index is -3.31. The molecule has 3 rings (SSSR count). The van der Waals surface area contributed by atoms with Crippen LogP contribution in [0.4, 0.5) is 5.13 Å². The lowest BCUT2D eigenvalue weighted by Gasteiger charge is -2.38. The molecule has 2 fully saturated rings. The van der Waals surface area contributed by atoms with E-state index >= 15 is 0 Å². The highest BCUT2D eigenvalue weighted by Crippen LogP contribution is 2.23. The summed E-state index contributed by atoms with van der Waals surface area (Å²) < 4.78 is 33.0. The smallest absolute Gasteiger partial charge is 0.282 e. The van der Waals surface area contributed by atoms with Crippen molar-refractivity contribution >= 4 is 26.9 Å². The van der Waals surface area contributed by atoms with Crippen LogP contribution in [0.5, 0.6) is 0 Å². The minimum absolute atomic E-state index is 0.453. The Labute approximate surface area is 136 Å². The molecule has 0 radical (unpaired) electrons. The Bertz CT molecular complexity index is 610. The molecule has 7 nitrogen and oxygen atoms in total. The number of nitrogens with zero attached hydrogens (tertiary/aromatic N) is 5. The largest absolute Gasteiger partial charge is 0.344 e. The van der Waals surface area contributed by atoms with Crippen molar-refractivity contribution < 1.29 is 8.42 Å². The fourth-order valence-corrected chi connectivity index (χ4v) is 5.52. The summed E-state index contributed by atoms with van der Waals surface area (Å²) in [5.41, 5.74) is 0. The molecule has 0 saturated carbocycles. The maximum absolute atomic E-state index is 12.7. The molecule has 9 heteroatoms. The van der Waals surface area contributed by atoms with Crippen LogP contribution in [0.3, 0.4) is 0 Å². The van der Waals surface area contributed by atoms with Crippen LogP contribution in [0.2, 0.25) is 0 Å². The van der Waals surface area contributed by atoms with Gasteiger partial charge in [-0.15, -0.1) is 0 Å². The molecule has 1 aromatic rings. The van der Waals surface area contributed by atoms with Gasteiger partial charge in [0.05, 0.1) is 0 Å². The van der Waals surface area contributed by atoms with Crippen LogP contribution in [0.1, 0.15) is 25.6 Å². The van der Waals surface area contributed by atoms with Crippen LogP contribution in [0, 0.1) is 12.8 Å². The zero-order valence-corrected chi connectivity index (χ0v) is 14.7. The summed E-state index contributed by atoms with van der Waals surface area (Å²) in [6, 6.07) is 0. The molecule has 0 amide bonds. The van der Waals surface area contributed by atoms with Crippen molar-refractivity contribution in [2.75, 3.05) is 44.2 Å². The monoisotopic (exact) mass is 345 g/mol. The van der Waals surface area contributed by atoms with Crippen LogP contribution < -0.4 is 4.90 Å². The third-order valence-electron chi connectivity index (χ3n) is 4.30. The van der Waals surface area contributed by atoms with Gasteiger partial charge in [-0.1, -0.05) is 6.92 Å². The predicted molar refractivity (Wildman–Crippen MR) is 87.3 cm³/mol. The third-order valence-corrected chi connectivity index (χ3v) is 7.17. The molecule has 3 heterocycles. The van der Waals surface area contributed by atoms with Gasteiger partial charge in [0, 0.05) is 50.8 Å². The van der Waals surface area contributed by atoms with Gasteiger partial charge < -0.3 is 4.90 Å². The van der Waals surface area contributed by atoms with Gasteiger partial charge in [0.15, 0.2) is 0 Å². The first kappa shape index (κ1) is 16.1. The SMILES string of the molecule is Cc1nsc(N2CCN(S(=O)(=O)N3CCC[C@@H](C)C3)CC2)n1. The van der Waals surface area contributed by atoms with E-state index in [2.05, 4.69) is 21.2 Å². The number of aryl methyl sites for hydroxylation is 1. The first-order valence-corrected chi connectivity index (χ1v) is 9.94. The molecular weight excluding hydrogens is 322 g/mol. The van der Waals surface area contributed by atoms with Gasteiger partial charge in [-0.05, 0) is 25.7 Å². The molecule has 2 aliphatic rings. The fraction of sp³-hybridized carbons (Fsp3) is 0.846. The Balaban J connectivity index is 1.62. The molecule has 1 aromatic heterocycles. The second kappa shape index (κ2) is 6.38. The molecule has 1 atom stereocenters. The van der Waals surface area contributed by atoms with Gasteiger partial charge in [0.1, 0.15) is 5.82 Å². The summed E-state index contributed by atoms with van der Waals surface area (Å²) in [4.78, 5) is 6.50. The molecule has 0 bridgehead atoms. The van der Waals surface area contributed by atoms with Crippen LogP contribution >= 0.6 is 11.5 Å². The van der Waals surface area contributed by atoms with E-state index in [4.69, 9.17) is 0 Å². The molecular formula is C13H23N5O2S2. The zero-order valence-electron chi connectivity index (χ0n) is 13.1. The summed E-state index contributed by atoms with van der Waals surface area (Å²) in [6.45, 7) is 7.70. The minimum Gasteiger partial charge on any atom is -0.344 e. The number of hydrogen-bond donors (Lipinski definition) is 0. The topological polar surface area (TPSA) is 69.6 Å². The van der Waals surface area contributed by atoms with Gasteiger partial charge >= 0.3 is 0 Å². The van der Waals surface area contributed by atoms with Gasteiger partial charge in [-0.2, -0.15) is 21.4 Å². The van der Waals surface area contributed by atoms with Crippen molar-refractivity contribution in [3.05, 3.63) is 5.82 Å². The number of aromatic nitrogens is 2. The lowest BCUT2D eigenvalue weighted by molar-refractivity contribution is 0.254. The van der Waals surface area contributed by atoms with Gasteiger partial charge in [0.25, 0.3) is 10.2 Å². The molecule has 0 aromatic carbocycles. The van der Waals surface area contributed by atoms with Crippen LogP contribution in [0.25, 0.3) is 0 Å². The molecule has 0 N–H and O–H groups in total. The van der Waals surface area contributed by atoms with Crippen LogP contribution in [-0.4, -0.2) is 65.7 Å². The summed E-state index contributed by atoms with van der Waals surface area (Å²) >= 11 is 1.38. The van der Waals surface area contributed by atoms with E-state index in [0.717, 1.165) is 23.8 Å². The zero-order chi connectivity index (χ0) is 15.7. The van der Waals surface area contributed by atoms with Crippen molar-refractivity contribution in [2.45, 2.75) is 26.7 Å². The van der Waals surface area contributed by atoms with E-state index < -0.39 is 10.2 Å². The average molecular weight is 345 g/mol. The predicted octanol–water partition coefficient (Wildman–Crippen LogP) is 0.945. The highest BCUT2D eigenvalue weighted by Gasteiger charge is 2.34. The Morgan fingerprint density at radius 1 is 1.14 bits per heavy atom. The molecule has 2 saturated heterocycles. The van der Waals surface area contributed by atoms with E-state index in [0.29, 0.717) is 45.2 Å². The summed E-state index contributed by atoms with van der Waals surface area (Å²) in [5, 5.41) is 0.890. The molecule has 0 aliphatic carbocycles. The van der Waals surface area contributed by atoms with E-state index in [1.165, 1.54) is 11.5 Å². The number of rotatable bonds is 3. The average Bonchev–Trinajstić information content (AvgIpc) is 2.94. The van der Waals surface area contributed by atoms with E-state index in [1.807, 2.05) is 6.92 Å². The standard InChI is InChI=1S/C13H23N5O2S2/c1-11-4-3-5-18(10-11)22(19,20)17-8-6-16(7-9-17)13-14-12(2)15-21-13/h11H,3-10H2,1-2H3/t11-/m1/s1. The highest BCUT2D eigenvalue weighted by atomic mass is 32.2. The molecule has 22 heavy (non-hydrogen) atoms. The van der Waals surface area contributed by atoms with Crippen molar-refractivity contribution in [3.63, 3.8) is 0 Å². The molecule has 0 spiro atoms. The molecule has 2 aliphatic heterocycles. The molecule has 124 valence electrons. The number of piperazine rings is 1. The van der Waals surface area contributed by atoms with Crippen molar-refractivity contribution in [1.29, 1.82) is 0 Å². The summed E-state index contributed by atoms with van der Waals surface area (Å²) in [5.74, 6) is 1.23. The Morgan fingerprint density at radius 3 is 2.45 bits per heavy atom. The first-order chi connectivity index (χ1) is 10.5. The maximum Gasteiger partial charge on any atom is 0.282 e. The Morgan fingerprint density at radius 2 is 1.86 bits per heavy atom.